The molecular formula is C51H44N2O. The third-order valence-electron chi connectivity index (χ3n) is 12.3. The second kappa shape index (κ2) is 12.0. The molecule has 0 spiro atoms. The van der Waals surface area contributed by atoms with Gasteiger partial charge >= 0.3 is 0 Å². The van der Waals surface area contributed by atoms with Crippen LogP contribution in [0.4, 0.5) is 5.69 Å². The highest BCUT2D eigenvalue weighted by atomic mass is 16.5. The maximum atomic E-state index is 6.52. The van der Waals surface area contributed by atoms with Crippen LogP contribution >= 0.6 is 0 Å². The largest absolute Gasteiger partial charge is 0.455 e. The number of rotatable bonds is 4. The topological polar surface area (TPSA) is 26.2 Å². The lowest BCUT2D eigenvalue weighted by atomic mass is 9.80. The van der Waals surface area contributed by atoms with Crippen LogP contribution in [0.3, 0.4) is 0 Å². The Morgan fingerprint density at radius 2 is 1.52 bits per heavy atom. The van der Waals surface area contributed by atoms with Crippen molar-refractivity contribution in [3.8, 4) is 22.8 Å². The van der Waals surface area contributed by atoms with E-state index in [9.17, 15) is 0 Å². The van der Waals surface area contributed by atoms with Crippen LogP contribution in [0.25, 0.3) is 39.5 Å². The molecule has 4 aliphatic rings. The van der Waals surface area contributed by atoms with Crippen molar-refractivity contribution in [1.82, 2.24) is 4.57 Å². The van der Waals surface area contributed by atoms with Gasteiger partial charge in [0.1, 0.15) is 5.75 Å². The molecule has 3 aliphatic carbocycles. The zero-order valence-electron chi connectivity index (χ0n) is 31.5. The van der Waals surface area contributed by atoms with Crippen LogP contribution in [-0.2, 0) is 10.8 Å². The van der Waals surface area contributed by atoms with Crippen molar-refractivity contribution in [2.45, 2.75) is 57.4 Å². The van der Waals surface area contributed by atoms with E-state index in [1.807, 2.05) is 12.1 Å². The Balaban J connectivity index is 1.15. The van der Waals surface area contributed by atoms with E-state index < -0.39 is 0 Å². The fourth-order valence-electron chi connectivity index (χ4n) is 9.55. The van der Waals surface area contributed by atoms with Gasteiger partial charge in [-0.2, -0.15) is 0 Å². The van der Waals surface area contributed by atoms with Gasteiger partial charge < -0.3 is 14.6 Å². The van der Waals surface area contributed by atoms with Crippen LogP contribution in [0, 0.1) is 0 Å². The maximum Gasteiger partial charge on any atom is 0.150 e. The van der Waals surface area contributed by atoms with Crippen molar-refractivity contribution < 1.29 is 4.74 Å². The average Bonchev–Trinajstić information content (AvgIpc) is 3.74. The molecular weight excluding hydrogens is 657 g/mol. The van der Waals surface area contributed by atoms with E-state index in [0.717, 1.165) is 17.2 Å². The molecule has 1 aromatic heterocycles. The van der Waals surface area contributed by atoms with Gasteiger partial charge in [0, 0.05) is 39.0 Å². The third kappa shape index (κ3) is 4.81. The monoisotopic (exact) mass is 700 g/mol. The lowest BCUT2D eigenvalue weighted by Crippen LogP contribution is -2.28. The summed E-state index contributed by atoms with van der Waals surface area (Å²) < 4.78 is 9.06. The first kappa shape index (κ1) is 32.6. The minimum absolute atomic E-state index is 0.0938. The summed E-state index contributed by atoms with van der Waals surface area (Å²) in [5, 5.41) is 5.09. The first-order valence-corrected chi connectivity index (χ1v) is 19.2. The van der Waals surface area contributed by atoms with Gasteiger partial charge in [0.2, 0.25) is 0 Å². The summed E-state index contributed by atoms with van der Waals surface area (Å²) in [6, 6.07) is 41.8. The van der Waals surface area contributed by atoms with Crippen LogP contribution < -0.4 is 10.1 Å². The molecule has 1 aliphatic heterocycles. The number of hydrogen-bond acceptors (Lipinski definition) is 2. The summed E-state index contributed by atoms with van der Waals surface area (Å²) in [5.74, 6) is 1.85. The molecule has 0 saturated heterocycles. The normalized spacial score (nSPS) is 20.0. The van der Waals surface area contributed by atoms with Gasteiger partial charge in [-0.15, -0.1) is 0 Å². The molecule has 3 heteroatoms. The molecule has 5 aromatic carbocycles. The fourth-order valence-corrected chi connectivity index (χ4v) is 9.55. The van der Waals surface area contributed by atoms with Gasteiger partial charge in [-0.25, -0.2) is 0 Å². The molecule has 2 atom stereocenters. The number of nitrogens with zero attached hydrogens (tertiary/aromatic N) is 1. The Morgan fingerprint density at radius 1 is 0.778 bits per heavy atom. The molecule has 10 rings (SSSR count). The van der Waals surface area contributed by atoms with E-state index in [0.29, 0.717) is 0 Å². The van der Waals surface area contributed by atoms with Gasteiger partial charge in [0.05, 0.1) is 22.9 Å². The zero-order chi connectivity index (χ0) is 36.8. The molecule has 264 valence electrons. The molecule has 0 radical (unpaired) electrons. The number of fused-ring (bicyclic) bond motifs is 10. The highest BCUT2D eigenvalue weighted by Crippen LogP contribution is 2.55. The Hall–Kier alpha value is -6.06. The molecule has 54 heavy (non-hydrogen) atoms. The summed E-state index contributed by atoms with van der Waals surface area (Å²) in [5.41, 5.74) is 16.1. The van der Waals surface area contributed by atoms with E-state index >= 15 is 0 Å². The fraction of sp³-hybridized carbons (Fsp3) is 0.176. The maximum absolute atomic E-state index is 6.52. The van der Waals surface area contributed by atoms with Crippen molar-refractivity contribution in [3.05, 3.63) is 191 Å². The number of allylic oxidation sites excluding steroid dienone is 7. The van der Waals surface area contributed by atoms with Gasteiger partial charge in [0.25, 0.3) is 0 Å². The molecule has 6 aromatic rings. The molecule has 0 bridgehead atoms. The van der Waals surface area contributed by atoms with Crippen LogP contribution in [0.1, 0.15) is 73.9 Å². The summed E-state index contributed by atoms with van der Waals surface area (Å²) in [4.78, 5) is 0. The smallest absolute Gasteiger partial charge is 0.150 e. The number of ether oxygens (including phenoxy) is 1. The quantitative estimate of drug-likeness (QED) is 0.185. The van der Waals surface area contributed by atoms with Crippen LogP contribution in [0.15, 0.2) is 157 Å². The van der Waals surface area contributed by atoms with Gasteiger partial charge in [-0.1, -0.05) is 143 Å². The van der Waals surface area contributed by atoms with Crippen molar-refractivity contribution >= 4 is 33.9 Å². The molecule has 3 nitrogen and oxygen atoms in total. The lowest BCUT2D eigenvalue weighted by molar-refractivity contribution is 0.467. The summed E-state index contributed by atoms with van der Waals surface area (Å²) in [6.07, 6.45) is 16.3. The SMILES string of the molecule is C/C=C\C(=C/C1=Cc2ccccc2C1(C)C)n1c2c(c3cc(C4=CC5c6ccccc6Oc6ccccc6NC5C=C4)ccc31)C(C)(C)c1ccccc1-2. The van der Waals surface area contributed by atoms with Crippen molar-refractivity contribution in [1.29, 1.82) is 0 Å². The predicted octanol–water partition coefficient (Wildman–Crippen LogP) is 13.1. The van der Waals surface area contributed by atoms with Gasteiger partial charge in [0.15, 0.2) is 5.75 Å². The molecule has 0 amide bonds. The number of para-hydroxylation sites is 3. The first-order valence-electron chi connectivity index (χ1n) is 19.2. The number of benzene rings is 5. The molecule has 2 unspecified atom stereocenters. The predicted molar refractivity (Wildman–Crippen MR) is 226 cm³/mol. The van der Waals surface area contributed by atoms with Crippen LogP contribution in [0.5, 0.6) is 11.5 Å². The number of anilines is 1. The Kier molecular flexibility index (Phi) is 7.23. The van der Waals surface area contributed by atoms with Crippen LogP contribution in [-0.4, -0.2) is 10.6 Å². The third-order valence-corrected chi connectivity index (χ3v) is 12.3. The average molecular weight is 701 g/mol. The molecule has 2 heterocycles. The highest BCUT2D eigenvalue weighted by molar-refractivity contribution is 6.02. The second-order valence-electron chi connectivity index (χ2n) is 16.2. The minimum atomic E-state index is -0.174. The Labute approximate surface area is 318 Å². The Bertz CT molecular complexity index is 2690. The highest BCUT2D eigenvalue weighted by Gasteiger charge is 2.41. The first-order chi connectivity index (χ1) is 26.2. The Morgan fingerprint density at radius 3 is 2.35 bits per heavy atom. The van der Waals surface area contributed by atoms with Crippen molar-refractivity contribution in [3.63, 3.8) is 0 Å². The van der Waals surface area contributed by atoms with Crippen molar-refractivity contribution in [2.24, 2.45) is 0 Å². The second-order valence-corrected chi connectivity index (χ2v) is 16.2. The lowest BCUT2D eigenvalue weighted by Gasteiger charge is -2.32. The zero-order valence-corrected chi connectivity index (χ0v) is 31.5. The summed E-state index contributed by atoms with van der Waals surface area (Å²) >= 11 is 0. The van der Waals surface area contributed by atoms with Gasteiger partial charge in [-0.3, -0.25) is 0 Å². The van der Waals surface area contributed by atoms with Crippen LogP contribution in [0.2, 0.25) is 0 Å². The molecule has 1 N–H and O–H groups in total. The molecule has 0 fully saturated rings. The van der Waals surface area contributed by atoms with E-state index in [1.54, 1.807) is 0 Å². The number of hydrogen-bond donors (Lipinski definition) is 1. The van der Waals surface area contributed by atoms with E-state index in [4.69, 9.17) is 4.74 Å². The summed E-state index contributed by atoms with van der Waals surface area (Å²) in [6.45, 7) is 11.6. The summed E-state index contributed by atoms with van der Waals surface area (Å²) in [7, 11) is 0. The van der Waals surface area contributed by atoms with Crippen molar-refractivity contribution in [2.75, 3.05) is 5.32 Å². The van der Waals surface area contributed by atoms with E-state index in [1.165, 1.54) is 72.4 Å². The van der Waals surface area contributed by atoms with E-state index in [2.05, 4.69) is 190 Å². The molecule has 0 saturated carbocycles. The van der Waals surface area contributed by atoms with E-state index in [-0.39, 0.29) is 22.8 Å². The standard InChI is InChI=1S/C51H44N2O/c1-6-15-36(31-35-28-34-16-7-10-19-41(34)50(35,2)3)53-45-27-25-33(30-40(45)48-49(53)38-18-8-11-20-42(38)51(48,4)5)32-24-26-43-39(29-32)37-17-9-13-22-46(37)54-47-23-14-12-21-44(47)52-43/h6-31,39,43,52H,1-5H3/b15-6-,36-31+. The minimum Gasteiger partial charge on any atom is -0.455 e. The van der Waals surface area contributed by atoms with Gasteiger partial charge in [-0.05, 0) is 88.4 Å². The number of aromatic nitrogens is 1. The number of nitrogens with one attached hydrogen (secondary N) is 1.